The smallest absolute Gasteiger partial charge is 0.0576 e. The summed E-state index contributed by atoms with van der Waals surface area (Å²) in [5.41, 5.74) is 0. The molecule has 0 aliphatic rings. The van der Waals surface area contributed by atoms with E-state index in [-0.39, 0.29) is 5.25 Å². The van der Waals surface area contributed by atoms with Crippen molar-refractivity contribution in [2.75, 3.05) is 7.05 Å². The molecule has 96 valence electrons. The first-order valence-electron chi connectivity index (χ1n) is 6.37. The molecule has 0 heterocycles. The normalized spacial score (nSPS) is 16.4. The lowest BCUT2D eigenvalue weighted by molar-refractivity contribution is 0.481. The second-order valence-electron chi connectivity index (χ2n) is 4.24. The highest BCUT2D eigenvalue weighted by Crippen LogP contribution is 2.18. The average Bonchev–Trinajstić information content (AvgIpc) is 2.39. The fourth-order valence-electron chi connectivity index (χ4n) is 2.14. The molecular formula is C14H23NOS. The predicted molar refractivity (Wildman–Crippen MR) is 74.7 cm³/mol. The summed E-state index contributed by atoms with van der Waals surface area (Å²) in [5.74, 6) is 0. The Balaban J connectivity index is 2.83. The van der Waals surface area contributed by atoms with Crippen LogP contribution in [0.15, 0.2) is 35.2 Å². The van der Waals surface area contributed by atoms with E-state index in [0.29, 0.717) is 6.04 Å². The molecule has 0 saturated heterocycles. The molecule has 0 radical (unpaired) electrons. The molecule has 0 bridgehead atoms. The molecule has 1 rings (SSSR count). The van der Waals surface area contributed by atoms with Gasteiger partial charge in [-0.3, -0.25) is 4.21 Å². The van der Waals surface area contributed by atoms with Crippen LogP contribution in [-0.2, 0) is 10.8 Å². The molecule has 0 aromatic heterocycles. The third-order valence-corrected chi connectivity index (χ3v) is 5.02. The molecule has 17 heavy (non-hydrogen) atoms. The maximum absolute atomic E-state index is 12.5. The van der Waals surface area contributed by atoms with Crippen LogP contribution in [0.1, 0.15) is 33.1 Å². The van der Waals surface area contributed by atoms with E-state index in [9.17, 15) is 4.21 Å². The number of benzene rings is 1. The Labute approximate surface area is 107 Å². The first-order valence-corrected chi connectivity index (χ1v) is 7.58. The number of hydrogen-bond acceptors (Lipinski definition) is 2. The number of hydrogen-bond donors (Lipinski definition) is 1. The summed E-state index contributed by atoms with van der Waals surface area (Å²) in [6.45, 7) is 4.29. The van der Waals surface area contributed by atoms with Crippen LogP contribution in [0.25, 0.3) is 0 Å². The van der Waals surface area contributed by atoms with Gasteiger partial charge in [0, 0.05) is 10.9 Å². The molecule has 1 N–H and O–H groups in total. The lowest BCUT2D eigenvalue weighted by Gasteiger charge is -2.25. The highest BCUT2D eigenvalue weighted by molar-refractivity contribution is 7.85. The van der Waals surface area contributed by atoms with Crippen LogP contribution in [0.2, 0.25) is 0 Å². The summed E-state index contributed by atoms with van der Waals surface area (Å²) in [4.78, 5) is 0.940. The molecule has 0 aliphatic carbocycles. The van der Waals surface area contributed by atoms with Crippen LogP contribution < -0.4 is 5.32 Å². The molecule has 0 amide bonds. The van der Waals surface area contributed by atoms with E-state index in [1.54, 1.807) is 0 Å². The van der Waals surface area contributed by atoms with Gasteiger partial charge in [-0.05, 0) is 32.0 Å². The zero-order valence-electron chi connectivity index (χ0n) is 11.0. The Hall–Kier alpha value is -0.670. The highest BCUT2D eigenvalue weighted by atomic mass is 32.2. The Morgan fingerprint density at radius 2 is 1.88 bits per heavy atom. The van der Waals surface area contributed by atoms with Crippen molar-refractivity contribution in [1.82, 2.24) is 5.32 Å². The molecular weight excluding hydrogens is 230 g/mol. The second-order valence-corrected chi connectivity index (χ2v) is 5.91. The molecule has 3 atom stereocenters. The maximum Gasteiger partial charge on any atom is 0.0576 e. The minimum absolute atomic E-state index is 0.197. The first kappa shape index (κ1) is 14.4. The van der Waals surface area contributed by atoms with Crippen molar-refractivity contribution in [3.63, 3.8) is 0 Å². The van der Waals surface area contributed by atoms with Crippen molar-refractivity contribution >= 4 is 10.8 Å². The summed E-state index contributed by atoms with van der Waals surface area (Å²) < 4.78 is 12.5. The Morgan fingerprint density at radius 1 is 1.24 bits per heavy atom. The zero-order valence-corrected chi connectivity index (χ0v) is 11.8. The third-order valence-electron chi connectivity index (χ3n) is 3.07. The van der Waals surface area contributed by atoms with E-state index in [1.165, 1.54) is 0 Å². The van der Waals surface area contributed by atoms with Crippen LogP contribution in [0.3, 0.4) is 0 Å². The number of rotatable bonds is 7. The maximum atomic E-state index is 12.5. The van der Waals surface area contributed by atoms with Gasteiger partial charge in [0.15, 0.2) is 0 Å². The van der Waals surface area contributed by atoms with E-state index < -0.39 is 10.8 Å². The molecule has 0 fully saturated rings. The van der Waals surface area contributed by atoms with Gasteiger partial charge in [0.25, 0.3) is 0 Å². The van der Waals surface area contributed by atoms with Crippen molar-refractivity contribution in [2.24, 2.45) is 0 Å². The van der Waals surface area contributed by atoms with Gasteiger partial charge >= 0.3 is 0 Å². The first-order chi connectivity index (χ1) is 8.24. The molecule has 3 heteroatoms. The fourth-order valence-corrected chi connectivity index (χ4v) is 3.79. The topological polar surface area (TPSA) is 29.1 Å². The third kappa shape index (κ3) is 3.93. The quantitative estimate of drug-likeness (QED) is 0.809. The lowest BCUT2D eigenvalue weighted by atomic mass is 10.1. The minimum atomic E-state index is -0.915. The van der Waals surface area contributed by atoms with Gasteiger partial charge < -0.3 is 5.32 Å². The predicted octanol–water partition coefficient (Wildman–Crippen LogP) is 2.96. The second kappa shape index (κ2) is 7.62. The van der Waals surface area contributed by atoms with Crippen LogP contribution in [0.5, 0.6) is 0 Å². The zero-order chi connectivity index (χ0) is 12.7. The molecule has 2 nitrogen and oxygen atoms in total. The Bertz CT molecular complexity index is 339. The monoisotopic (exact) mass is 253 g/mol. The van der Waals surface area contributed by atoms with Gasteiger partial charge in [0.2, 0.25) is 0 Å². The van der Waals surface area contributed by atoms with Gasteiger partial charge in [-0.2, -0.15) is 0 Å². The van der Waals surface area contributed by atoms with Crippen LogP contribution in [0, 0.1) is 0 Å². The number of nitrogens with one attached hydrogen (secondary N) is 1. The largest absolute Gasteiger partial charge is 0.316 e. The summed E-state index contributed by atoms with van der Waals surface area (Å²) >= 11 is 0. The van der Waals surface area contributed by atoms with E-state index in [1.807, 2.05) is 37.4 Å². The van der Waals surface area contributed by atoms with Crippen molar-refractivity contribution in [1.29, 1.82) is 0 Å². The summed E-state index contributed by atoms with van der Waals surface area (Å²) in [7, 11) is 1.05. The van der Waals surface area contributed by atoms with Crippen molar-refractivity contribution < 1.29 is 4.21 Å². The standard InChI is InChI=1S/C14H23NOS/c1-4-9-13(15-3)14(5-2)17(16)12-10-7-6-8-11-12/h6-8,10-11,13-15H,4-5,9H2,1-3H3. The van der Waals surface area contributed by atoms with Crippen molar-refractivity contribution in [3.05, 3.63) is 30.3 Å². The van der Waals surface area contributed by atoms with Crippen LogP contribution >= 0.6 is 0 Å². The fraction of sp³-hybridized carbons (Fsp3) is 0.571. The van der Waals surface area contributed by atoms with Gasteiger partial charge in [0.1, 0.15) is 0 Å². The summed E-state index contributed by atoms with van der Waals surface area (Å²) in [5, 5.41) is 3.51. The summed E-state index contributed by atoms with van der Waals surface area (Å²) in [6, 6.07) is 10.1. The van der Waals surface area contributed by atoms with Gasteiger partial charge in [-0.1, -0.05) is 38.5 Å². The van der Waals surface area contributed by atoms with Crippen molar-refractivity contribution in [3.8, 4) is 0 Å². The SMILES string of the molecule is CCCC(NC)C(CC)S(=O)c1ccccc1. The van der Waals surface area contributed by atoms with Crippen molar-refractivity contribution in [2.45, 2.75) is 49.3 Å². The van der Waals surface area contributed by atoms with E-state index in [2.05, 4.69) is 19.2 Å². The molecule has 0 saturated carbocycles. The molecule has 0 aliphatic heterocycles. The Kier molecular flexibility index (Phi) is 6.45. The van der Waals surface area contributed by atoms with Gasteiger partial charge in [0.05, 0.1) is 16.0 Å². The Morgan fingerprint density at radius 3 is 2.35 bits per heavy atom. The molecule has 1 aromatic carbocycles. The van der Waals surface area contributed by atoms with E-state index in [0.717, 1.165) is 24.2 Å². The van der Waals surface area contributed by atoms with E-state index in [4.69, 9.17) is 0 Å². The highest BCUT2D eigenvalue weighted by Gasteiger charge is 2.24. The van der Waals surface area contributed by atoms with Crippen LogP contribution in [-0.4, -0.2) is 22.5 Å². The van der Waals surface area contributed by atoms with Crippen LogP contribution in [0.4, 0.5) is 0 Å². The molecule has 3 unspecified atom stereocenters. The van der Waals surface area contributed by atoms with E-state index >= 15 is 0 Å². The summed E-state index contributed by atoms with van der Waals surface area (Å²) in [6.07, 6.45) is 3.13. The van der Waals surface area contributed by atoms with Gasteiger partial charge in [-0.25, -0.2) is 0 Å². The van der Waals surface area contributed by atoms with Gasteiger partial charge in [-0.15, -0.1) is 0 Å². The molecule has 1 aromatic rings. The molecule has 0 spiro atoms. The average molecular weight is 253 g/mol. The minimum Gasteiger partial charge on any atom is -0.316 e. The lowest BCUT2D eigenvalue weighted by Crippen LogP contribution is -2.39.